The molecule has 0 saturated heterocycles. The van der Waals surface area contributed by atoms with E-state index in [2.05, 4.69) is 0 Å². The molecular weight excluding hydrogens is 218 g/mol. The zero-order valence-corrected chi connectivity index (χ0v) is 10.2. The smallest absolute Gasteiger partial charge is 0.305 e. The average Bonchev–Trinajstić information content (AvgIpc) is 2.28. The van der Waals surface area contributed by atoms with Crippen molar-refractivity contribution in [2.45, 2.75) is 31.7 Å². The van der Waals surface area contributed by atoms with Crippen molar-refractivity contribution in [2.24, 2.45) is 5.73 Å². The van der Waals surface area contributed by atoms with Crippen molar-refractivity contribution in [2.75, 3.05) is 6.61 Å². The van der Waals surface area contributed by atoms with Gasteiger partial charge in [-0.25, -0.2) is 0 Å². The summed E-state index contributed by atoms with van der Waals surface area (Å²) in [7, 11) is 0. The van der Waals surface area contributed by atoms with E-state index in [4.69, 9.17) is 10.8 Å². The standard InChI is InChI=1S/C13H19NO3/c1-13(2,8-15)10-5-3-4-9(6-10)11(14)7-12(16)17/h3-6,11,15H,7-8,14H2,1-2H3,(H,16,17). The predicted octanol–water partition coefficient (Wildman–Crippen LogP) is 1.43. The van der Waals surface area contributed by atoms with E-state index in [0.717, 1.165) is 11.1 Å². The van der Waals surface area contributed by atoms with Crippen LogP contribution in [-0.2, 0) is 10.2 Å². The van der Waals surface area contributed by atoms with Crippen LogP contribution in [0, 0.1) is 0 Å². The van der Waals surface area contributed by atoms with Crippen molar-refractivity contribution in [3.63, 3.8) is 0 Å². The highest BCUT2D eigenvalue weighted by molar-refractivity contribution is 5.67. The van der Waals surface area contributed by atoms with Gasteiger partial charge < -0.3 is 15.9 Å². The number of rotatable bonds is 5. The van der Waals surface area contributed by atoms with Gasteiger partial charge in [0.05, 0.1) is 13.0 Å². The topological polar surface area (TPSA) is 83.5 Å². The van der Waals surface area contributed by atoms with E-state index in [1.807, 2.05) is 38.1 Å². The molecule has 0 aliphatic carbocycles. The summed E-state index contributed by atoms with van der Waals surface area (Å²) in [5.41, 5.74) is 7.20. The summed E-state index contributed by atoms with van der Waals surface area (Å²) < 4.78 is 0. The zero-order chi connectivity index (χ0) is 13.1. The van der Waals surface area contributed by atoms with Crippen LogP contribution in [0.25, 0.3) is 0 Å². The number of nitrogens with two attached hydrogens (primary N) is 1. The molecule has 0 fully saturated rings. The maximum atomic E-state index is 10.6. The van der Waals surface area contributed by atoms with Crippen LogP contribution >= 0.6 is 0 Å². The van der Waals surface area contributed by atoms with Crippen molar-refractivity contribution in [3.05, 3.63) is 35.4 Å². The Morgan fingerprint density at radius 2 is 2.12 bits per heavy atom. The molecule has 4 heteroatoms. The van der Waals surface area contributed by atoms with Crippen LogP contribution in [0.15, 0.2) is 24.3 Å². The number of hydrogen-bond donors (Lipinski definition) is 3. The summed E-state index contributed by atoms with van der Waals surface area (Å²) in [4.78, 5) is 10.6. The largest absolute Gasteiger partial charge is 0.481 e. The molecule has 0 saturated carbocycles. The number of carboxylic acids is 1. The Morgan fingerprint density at radius 1 is 1.47 bits per heavy atom. The van der Waals surface area contributed by atoms with Gasteiger partial charge in [-0.3, -0.25) is 4.79 Å². The van der Waals surface area contributed by atoms with Gasteiger partial charge in [0.25, 0.3) is 0 Å². The summed E-state index contributed by atoms with van der Waals surface area (Å²) in [5.74, 6) is -0.913. The fraction of sp³-hybridized carbons (Fsp3) is 0.462. The minimum atomic E-state index is -0.913. The Morgan fingerprint density at radius 3 is 2.65 bits per heavy atom. The van der Waals surface area contributed by atoms with Gasteiger partial charge in [0, 0.05) is 11.5 Å². The van der Waals surface area contributed by atoms with E-state index >= 15 is 0 Å². The summed E-state index contributed by atoms with van der Waals surface area (Å²) in [6, 6.07) is 6.91. The Hall–Kier alpha value is -1.39. The molecule has 0 radical (unpaired) electrons. The highest BCUT2D eigenvalue weighted by Crippen LogP contribution is 2.25. The molecular formula is C13H19NO3. The Bertz CT molecular complexity index is 401. The fourth-order valence-corrected chi connectivity index (χ4v) is 1.59. The summed E-state index contributed by atoms with van der Waals surface area (Å²) in [6.45, 7) is 3.88. The van der Waals surface area contributed by atoms with Crippen LogP contribution in [0.4, 0.5) is 0 Å². The van der Waals surface area contributed by atoms with Crippen LogP contribution in [0.1, 0.15) is 37.4 Å². The lowest BCUT2D eigenvalue weighted by Crippen LogP contribution is -2.23. The molecule has 0 amide bonds. The minimum absolute atomic E-state index is 0.0324. The average molecular weight is 237 g/mol. The quantitative estimate of drug-likeness (QED) is 0.723. The number of hydrogen-bond acceptors (Lipinski definition) is 3. The van der Waals surface area contributed by atoms with Crippen LogP contribution in [0.2, 0.25) is 0 Å². The van der Waals surface area contributed by atoms with E-state index in [0.29, 0.717) is 0 Å². The van der Waals surface area contributed by atoms with Gasteiger partial charge in [0.1, 0.15) is 0 Å². The second kappa shape index (κ2) is 5.29. The normalized spacial score (nSPS) is 13.4. The number of benzene rings is 1. The molecule has 1 aromatic rings. The van der Waals surface area contributed by atoms with Crippen molar-refractivity contribution >= 4 is 5.97 Å². The van der Waals surface area contributed by atoms with Gasteiger partial charge in [-0.05, 0) is 11.1 Å². The monoisotopic (exact) mass is 237 g/mol. The van der Waals surface area contributed by atoms with E-state index in [-0.39, 0.29) is 18.4 Å². The molecule has 4 nitrogen and oxygen atoms in total. The third-order valence-electron chi connectivity index (χ3n) is 2.89. The van der Waals surface area contributed by atoms with Gasteiger partial charge in [-0.15, -0.1) is 0 Å². The van der Waals surface area contributed by atoms with Crippen molar-refractivity contribution in [1.82, 2.24) is 0 Å². The first-order chi connectivity index (χ1) is 7.86. The first-order valence-electron chi connectivity index (χ1n) is 5.55. The molecule has 1 atom stereocenters. The first kappa shape index (κ1) is 13.7. The van der Waals surface area contributed by atoms with Gasteiger partial charge >= 0.3 is 5.97 Å². The summed E-state index contributed by atoms with van der Waals surface area (Å²) in [6.07, 6.45) is -0.0942. The highest BCUT2D eigenvalue weighted by Gasteiger charge is 2.20. The van der Waals surface area contributed by atoms with E-state index in [1.165, 1.54) is 0 Å². The summed E-state index contributed by atoms with van der Waals surface area (Å²) in [5, 5.41) is 18.0. The molecule has 1 rings (SSSR count). The fourth-order valence-electron chi connectivity index (χ4n) is 1.59. The molecule has 0 aliphatic rings. The molecule has 0 aromatic heterocycles. The Kier molecular flexibility index (Phi) is 4.26. The summed E-state index contributed by atoms with van der Waals surface area (Å²) >= 11 is 0. The van der Waals surface area contributed by atoms with Gasteiger partial charge in [-0.2, -0.15) is 0 Å². The number of carbonyl (C=O) groups is 1. The number of aliphatic carboxylic acids is 1. The molecule has 0 heterocycles. The molecule has 0 aliphatic heterocycles. The number of aliphatic hydroxyl groups excluding tert-OH is 1. The van der Waals surface area contributed by atoms with Gasteiger partial charge in [0.2, 0.25) is 0 Å². The van der Waals surface area contributed by atoms with E-state index in [9.17, 15) is 9.90 Å². The number of carboxylic acid groups (broad SMARTS) is 1. The second-order valence-corrected chi connectivity index (χ2v) is 4.87. The first-order valence-corrected chi connectivity index (χ1v) is 5.55. The van der Waals surface area contributed by atoms with Gasteiger partial charge in [0.15, 0.2) is 0 Å². The van der Waals surface area contributed by atoms with Crippen molar-refractivity contribution in [3.8, 4) is 0 Å². The molecule has 0 bridgehead atoms. The predicted molar refractivity (Wildman–Crippen MR) is 65.7 cm³/mol. The SMILES string of the molecule is CC(C)(CO)c1cccc(C(N)CC(=O)O)c1. The van der Waals surface area contributed by atoms with E-state index in [1.54, 1.807) is 0 Å². The van der Waals surface area contributed by atoms with Crippen LogP contribution in [-0.4, -0.2) is 22.8 Å². The molecule has 4 N–H and O–H groups in total. The van der Waals surface area contributed by atoms with E-state index < -0.39 is 12.0 Å². The third-order valence-corrected chi connectivity index (χ3v) is 2.89. The molecule has 1 unspecified atom stereocenters. The van der Waals surface area contributed by atoms with Crippen LogP contribution in [0.5, 0.6) is 0 Å². The maximum Gasteiger partial charge on any atom is 0.305 e. The maximum absolute atomic E-state index is 10.6. The molecule has 17 heavy (non-hydrogen) atoms. The minimum Gasteiger partial charge on any atom is -0.481 e. The van der Waals surface area contributed by atoms with Gasteiger partial charge in [-0.1, -0.05) is 38.1 Å². The second-order valence-electron chi connectivity index (χ2n) is 4.87. The molecule has 94 valence electrons. The van der Waals surface area contributed by atoms with Crippen molar-refractivity contribution in [1.29, 1.82) is 0 Å². The highest BCUT2D eigenvalue weighted by atomic mass is 16.4. The van der Waals surface area contributed by atoms with Crippen LogP contribution in [0.3, 0.4) is 0 Å². The van der Waals surface area contributed by atoms with Crippen LogP contribution < -0.4 is 5.73 Å². The Balaban J connectivity index is 2.97. The van der Waals surface area contributed by atoms with Crippen molar-refractivity contribution < 1.29 is 15.0 Å². The Labute approximate surface area is 101 Å². The lowest BCUT2D eigenvalue weighted by Gasteiger charge is -2.23. The lowest BCUT2D eigenvalue weighted by molar-refractivity contribution is -0.137. The zero-order valence-electron chi connectivity index (χ0n) is 10.2. The lowest BCUT2D eigenvalue weighted by atomic mass is 9.84. The third kappa shape index (κ3) is 3.54. The number of aliphatic hydroxyl groups is 1. The molecule has 1 aromatic carbocycles. The molecule has 0 spiro atoms.